The molecule has 1 aromatic heterocycles. The van der Waals surface area contributed by atoms with E-state index in [9.17, 15) is 4.79 Å². The van der Waals surface area contributed by atoms with Crippen molar-refractivity contribution >= 4 is 21.7 Å². The third-order valence-electron chi connectivity index (χ3n) is 5.90. The van der Waals surface area contributed by atoms with Gasteiger partial charge in [-0.3, -0.25) is 9.78 Å². The first-order valence-corrected chi connectivity index (χ1v) is 9.02. The first-order chi connectivity index (χ1) is 10.1. The van der Waals surface area contributed by atoms with Crippen LogP contribution >= 0.6 is 15.9 Å². The van der Waals surface area contributed by atoms with E-state index < -0.39 is 0 Å². The summed E-state index contributed by atoms with van der Waals surface area (Å²) in [5.74, 6) is 3.17. The molecule has 1 aromatic rings. The van der Waals surface area contributed by atoms with E-state index in [-0.39, 0.29) is 0 Å². The number of carbonyl (C=O) groups is 1. The van der Waals surface area contributed by atoms with Crippen molar-refractivity contribution in [2.24, 2.45) is 23.2 Å². The largest absolute Gasteiger partial charge is 0.299 e. The van der Waals surface area contributed by atoms with E-state index in [1.54, 1.807) is 6.20 Å². The Bertz CT molecular complexity index is 516. The SMILES string of the molecule is O=C(Cc1ccc(Br)cn1)CC12CC3CC(CC(C3)C1)C2. The van der Waals surface area contributed by atoms with E-state index in [0.717, 1.165) is 34.3 Å². The lowest BCUT2D eigenvalue weighted by Gasteiger charge is -2.56. The van der Waals surface area contributed by atoms with Gasteiger partial charge in [-0.1, -0.05) is 0 Å². The van der Waals surface area contributed by atoms with Crippen molar-refractivity contribution in [3.05, 3.63) is 28.5 Å². The number of ketones is 1. The Labute approximate surface area is 134 Å². The minimum Gasteiger partial charge on any atom is -0.299 e. The molecule has 4 aliphatic rings. The highest BCUT2D eigenvalue weighted by Gasteiger charge is 2.51. The molecule has 0 amide bonds. The van der Waals surface area contributed by atoms with Gasteiger partial charge in [-0.25, -0.2) is 0 Å². The van der Waals surface area contributed by atoms with E-state index in [1.807, 2.05) is 12.1 Å². The molecular weight excluding hydrogens is 326 g/mol. The van der Waals surface area contributed by atoms with Gasteiger partial charge in [0, 0.05) is 29.2 Å². The van der Waals surface area contributed by atoms with Crippen molar-refractivity contribution in [1.29, 1.82) is 0 Å². The van der Waals surface area contributed by atoms with Crippen LogP contribution in [0.1, 0.15) is 50.6 Å². The van der Waals surface area contributed by atoms with Crippen molar-refractivity contribution in [2.45, 2.75) is 51.4 Å². The molecule has 0 saturated heterocycles. The van der Waals surface area contributed by atoms with Crippen LogP contribution in [0.15, 0.2) is 22.8 Å². The molecule has 3 heteroatoms. The van der Waals surface area contributed by atoms with Gasteiger partial charge < -0.3 is 0 Å². The van der Waals surface area contributed by atoms with Crippen molar-refractivity contribution in [3.8, 4) is 0 Å². The Hall–Kier alpha value is -0.700. The molecule has 21 heavy (non-hydrogen) atoms. The Balaban J connectivity index is 1.43. The highest BCUT2D eigenvalue weighted by atomic mass is 79.9. The van der Waals surface area contributed by atoms with Gasteiger partial charge >= 0.3 is 0 Å². The Morgan fingerprint density at radius 1 is 1.14 bits per heavy atom. The molecule has 4 aliphatic carbocycles. The number of rotatable bonds is 4. The normalized spacial score (nSPS) is 36.9. The first kappa shape index (κ1) is 13.9. The predicted molar refractivity (Wildman–Crippen MR) is 85.9 cm³/mol. The molecule has 0 aliphatic heterocycles. The van der Waals surface area contributed by atoms with Gasteiger partial charge in [0.15, 0.2) is 0 Å². The van der Waals surface area contributed by atoms with Gasteiger partial charge in [0.05, 0.1) is 0 Å². The summed E-state index contributed by atoms with van der Waals surface area (Å²) in [6.45, 7) is 0. The summed E-state index contributed by atoms with van der Waals surface area (Å²) in [6.07, 6.45) is 11.4. The van der Waals surface area contributed by atoms with Gasteiger partial charge in [-0.05, 0) is 89.8 Å². The number of halogens is 1. The lowest BCUT2D eigenvalue weighted by Crippen LogP contribution is -2.47. The van der Waals surface area contributed by atoms with Crippen molar-refractivity contribution in [2.75, 3.05) is 0 Å². The summed E-state index contributed by atoms with van der Waals surface area (Å²) in [7, 11) is 0. The second-order valence-corrected chi connectivity index (χ2v) is 8.69. The molecule has 2 nitrogen and oxygen atoms in total. The van der Waals surface area contributed by atoms with E-state index in [1.165, 1.54) is 38.5 Å². The molecule has 0 spiro atoms. The lowest BCUT2D eigenvalue weighted by molar-refractivity contribution is -0.126. The first-order valence-electron chi connectivity index (χ1n) is 8.22. The van der Waals surface area contributed by atoms with Crippen LogP contribution in [0.5, 0.6) is 0 Å². The fraction of sp³-hybridized carbons (Fsp3) is 0.667. The average Bonchev–Trinajstić information content (AvgIpc) is 2.39. The zero-order valence-corrected chi connectivity index (χ0v) is 13.9. The maximum Gasteiger partial charge on any atom is 0.139 e. The van der Waals surface area contributed by atoms with Crippen LogP contribution < -0.4 is 0 Å². The molecule has 4 fully saturated rings. The van der Waals surface area contributed by atoms with Gasteiger partial charge in [0.2, 0.25) is 0 Å². The molecule has 1 heterocycles. The highest BCUT2D eigenvalue weighted by molar-refractivity contribution is 9.10. The van der Waals surface area contributed by atoms with E-state index in [2.05, 4.69) is 20.9 Å². The molecule has 5 rings (SSSR count). The quantitative estimate of drug-likeness (QED) is 0.798. The van der Waals surface area contributed by atoms with Crippen LogP contribution in [0.25, 0.3) is 0 Å². The van der Waals surface area contributed by atoms with Gasteiger partial charge in [-0.15, -0.1) is 0 Å². The second kappa shape index (κ2) is 5.19. The van der Waals surface area contributed by atoms with Crippen LogP contribution in [-0.4, -0.2) is 10.8 Å². The second-order valence-electron chi connectivity index (χ2n) is 7.78. The van der Waals surface area contributed by atoms with Crippen molar-refractivity contribution in [3.63, 3.8) is 0 Å². The van der Waals surface area contributed by atoms with Crippen LogP contribution in [0, 0.1) is 23.2 Å². The number of nitrogens with zero attached hydrogens (tertiary/aromatic N) is 1. The maximum absolute atomic E-state index is 12.5. The molecular formula is C18H22BrNO. The standard InChI is InChI=1S/C18H22BrNO/c19-15-1-2-16(20-11-15)6-17(21)10-18-7-12-3-13(8-18)5-14(4-12)9-18/h1-2,11-14H,3-10H2. The summed E-state index contributed by atoms with van der Waals surface area (Å²) in [5.41, 5.74) is 1.27. The fourth-order valence-corrected chi connectivity index (χ4v) is 5.93. The predicted octanol–water partition coefficient (Wildman–Crippen LogP) is 4.56. The van der Waals surface area contributed by atoms with Crippen molar-refractivity contribution in [1.82, 2.24) is 4.98 Å². The zero-order chi connectivity index (χ0) is 14.4. The van der Waals surface area contributed by atoms with Crippen LogP contribution in [-0.2, 0) is 11.2 Å². The Morgan fingerprint density at radius 3 is 2.29 bits per heavy atom. The summed E-state index contributed by atoms with van der Waals surface area (Å²) < 4.78 is 0.972. The van der Waals surface area contributed by atoms with Crippen LogP contribution in [0.3, 0.4) is 0 Å². The van der Waals surface area contributed by atoms with Crippen molar-refractivity contribution < 1.29 is 4.79 Å². The monoisotopic (exact) mass is 347 g/mol. The molecule has 4 bridgehead atoms. The Morgan fingerprint density at radius 2 is 1.76 bits per heavy atom. The molecule has 0 N–H and O–H groups in total. The minimum atomic E-state index is 0.362. The number of hydrogen-bond donors (Lipinski definition) is 0. The fourth-order valence-electron chi connectivity index (χ4n) is 5.70. The number of Topliss-reactive ketones (excluding diaryl/α,β-unsaturated/α-hetero) is 1. The number of hydrogen-bond acceptors (Lipinski definition) is 2. The molecule has 0 atom stereocenters. The summed E-state index contributed by atoms with van der Waals surface area (Å²) >= 11 is 3.39. The maximum atomic E-state index is 12.5. The molecule has 0 unspecified atom stereocenters. The number of pyridine rings is 1. The van der Waals surface area contributed by atoms with Gasteiger partial charge in [0.25, 0.3) is 0 Å². The van der Waals surface area contributed by atoms with Gasteiger partial charge in [0.1, 0.15) is 5.78 Å². The molecule has 112 valence electrons. The molecule has 0 aromatic carbocycles. The lowest BCUT2D eigenvalue weighted by atomic mass is 9.48. The van der Waals surface area contributed by atoms with Gasteiger partial charge in [-0.2, -0.15) is 0 Å². The van der Waals surface area contributed by atoms with E-state index in [0.29, 0.717) is 17.6 Å². The third kappa shape index (κ3) is 2.81. The summed E-state index contributed by atoms with van der Waals surface area (Å²) in [5, 5.41) is 0. The zero-order valence-electron chi connectivity index (χ0n) is 12.4. The summed E-state index contributed by atoms with van der Waals surface area (Å²) in [4.78, 5) is 16.9. The summed E-state index contributed by atoms with van der Waals surface area (Å²) in [6, 6.07) is 3.93. The average molecular weight is 348 g/mol. The Kier molecular flexibility index (Phi) is 3.44. The number of aromatic nitrogens is 1. The third-order valence-corrected chi connectivity index (χ3v) is 6.37. The minimum absolute atomic E-state index is 0.362. The van der Waals surface area contributed by atoms with E-state index in [4.69, 9.17) is 0 Å². The smallest absolute Gasteiger partial charge is 0.139 e. The molecule has 0 radical (unpaired) electrons. The number of carbonyl (C=O) groups excluding carboxylic acids is 1. The van der Waals surface area contributed by atoms with Crippen LogP contribution in [0.2, 0.25) is 0 Å². The van der Waals surface area contributed by atoms with E-state index >= 15 is 0 Å². The topological polar surface area (TPSA) is 30.0 Å². The highest BCUT2D eigenvalue weighted by Crippen LogP contribution is 2.61. The van der Waals surface area contributed by atoms with Crippen LogP contribution in [0.4, 0.5) is 0 Å². The molecule has 4 saturated carbocycles.